The van der Waals surface area contributed by atoms with Crippen LogP contribution in [-0.4, -0.2) is 24.1 Å². The number of rotatable bonds is 5. The van der Waals surface area contributed by atoms with Crippen LogP contribution in [0.5, 0.6) is 0 Å². The predicted octanol–water partition coefficient (Wildman–Crippen LogP) is 3.42. The smallest absolute Gasteiger partial charge is 0.264 e. The van der Waals surface area contributed by atoms with Gasteiger partial charge in [0, 0.05) is 12.7 Å². The maximum Gasteiger partial charge on any atom is 0.264 e. The van der Waals surface area contributed by atoms with Crippen LogP contribution in [0.25, 0.3) is 0 Å². The molecular formula is C22H21N3O2S. The fraction of sp³-hybridized carbons (Fsp3) is 0.227. The number of benzene rings is 2. The summed E-state index contributed by atoms with van der Waals surface area (Å²) in [5.41, 5.74) is 2.90. The lowest BCUT2D eigenvalue weighted by atomic mass is 10.1. The van der Waals surface area contributed by atoms with Crippen LogP contribution in [0.15, 0.2) is 65.2 Å². The summed E-state index contributed by atoms with van der Waals surface area (Å²) in [5.74, 6) is -0.617. The standard InChI is InChI=1S/C22H21N3O2S/c1-3-15-9-11-16(12-10-15)13-19-21(27)25(17-7-5-4-6-8-17)22(28-19)18(14-23)20(26)24-2/h4-12,19H,3,13H2,1-2H3,(H,24,26)/b22-18-. The molecule has 2 aromatic rings. The van der Waals surface area contributed by atoms with Crippen LogP contribution in [0.3, 0.4) is 0 Å². The van der Waals surface area contributed by atoms with Crippen molar-refractivity contribution in [1.82, 2.24) is 5.32 Å². The number of nitrogens with one attached hydrogen (secondary N) is 1. The zero-order chi connectivity index (χ0) is 20.1. The largest absolute Gasteiger partial charge is 0.354 e. The third-order valence-corrected chi connectivity index (χ3v) is 5.86. The summed E-state index contributed by atoms with van der Waals surface area (Å²) in [6, 6.07) is 19.3. The van der Waals surface area contributed by atoms with E-state index in [4.69, 9.17) is 0 Å². The number of hydrogen-bond acceptors (Lipinski definition) is 4. The molecule has 0 spiro atoms. The summed E-state index contributed by atoms with van der Waals surface area (Å²) in [6.07, 6.45) is 1.50. The molecule has 3 rings (SSSR count). The lowest BCUT2D eigenvalue weighted by Gasteiger charge is -2.18. The molecule has 0 bridgehead atoms. The van der Waals surface area contributed by atoms with Crippen molar-refractivity contribution in [2.75, 3.05) is 11.9 Å². The molecule has 0 aliphatic carbocycles. The van der Waals surface area contributed by atoms with Crippen molar-refractivity contribution in [1.29, 1.82) is 5.26 Å². The van der Waals surface area contributed by atoms with E-state index in [1.165, 1.54) is 29.3 Å². The molecule has 2 aromatic carbocycles. The number of thioether (sulfide) groups is 1. The van der Waals surface area contributed by atoms with Crippen LogP contribution in [0, 0.1) is 11.3 Å². The molecule has 1 unspecified atom stereocenters. The van der Waals surface area contributed by atoms with Crippen LogP contribution in [-0.2, 0) is 22.4 Å². The van der Waals surface area contributed by atoms with Gasteiger partial charge in [-0.3, -0.25) is 14.5 Å². The lowest BCUT2D eigenvalue weighted by molar-refractivity contribution is -0.117. The molecular weight excluding hydrogens is 370 g/mol. The van der Waals surface area contributed by atoms with Crippen molar-refractivity contribution >= 4 is 29.3 Å². The Hall–Kier alpha value is -3.04. The summed E-state index contributed by atoms with van der Waals surface area (Å²) in [4.78, 5) is 26.9. The number of carbonyl (C=O) groups is 2. The topological polar surface area (TPSA) is 73.2 Å². The second kappa shape index (κ2) is 8.77. The summed E-state index contributed by atoms with van der Waals surface area (Å²) < 4.78 is 0. The first-order chi connectivity index (χ1) is 13.6. The van der Waals surface area contributed by atoms with Crippen molar-refractivity contribution in [2.24, 2.45) is 0 Å². The number of aryl methyl sites for hydroxylation is 1. The number of amides is 2. The van der Waals surface area contributed by atoms with Crippen molar-refractivity contribution in [3.8, 4) is 6.07 Å². The molecule has 0 saturated carbocycles. The highest BCUT2D eigenvalue weighted by molar-refractivity contribution is 8.05. The Morgan fingerprint density at radius 1 is 1.14 bits per heavy atom. The van der Waals surface area contributed by atoms with Gasteiger partial charge in [-0.05, 0) is 36.1 Å². The van der Waals surface area contributed by atoms with Gasteiger partial charge in [0.15, 0.2) is 0 Å². The number of anilines is 1. The molecule has 5 nitrogen and oxygen atoms in total. The number of hydrogen-bond donors (Lipinski definition) is 1. The Labute approximate surface area is 169 Å². The SMILES string of the molecule is CCc1ccc(CC2S/C(=C(/C#N)C(=O)NC)N(c3ccccc3)C2=O)cc1. The van der Waals surface area contributed by atoms with Crippen LogP contribution in [0.1, 0.15) is 18.1 Å². The van der Waals surface area contributed by atoms with E-state index in [9.17, 15) is 14.9 Å². The van der Waals surface area contributed by atoms with Crippen molar-refractivity contribution in [2.45, 2.75) is 25.0 Å². The van der Waals surface area contributed by atoms with E-state index >= 15 is 0 Å². The van der Waals surface area contributed by atoms with E-state index in [0.717, 1.165) is 12.0 Å². The van der Waals surface area contributed by atoms with E-state index in [1.54, 1.807) is 12.1 Å². The molecule has 1 heterocycles. The van der Waals surface area contributed by atoms with Crippen LogP contribution >= 0.6 is 11.8 Å². The van der Waals surface area contributed by atoms with Gasteiger partial charge in [-0.15, -0.1) is 0 Å². The number of carbonyl (C=O) groups excluding carboxylic acids is 2. The van der Waals surface area contributed by atoms with Gasteiger partial charge < -0.3 is 5.32 Å². The Morgan fingerprint density at radius 2 is 1.79 bits per heavy atom. The highest BCUT2D eigenvalue weighted by Gasteiger charge is 2.40. The average Bonchev–Trinajstić information content (AvgIpc) is 3.05. The van der Waals surface area contributed by atoms with Gasteiger partial charge in [-0.2, -0.15) is 5.26 Å². The molecule has 0 radical (unpaired) electrons. The lowest BCUT2D eigenvalue weighted by Crippen LogP contribution is -2.31. The second-order valence-corrected chi connectivity index (χ2v) is 7.55. The van der Waals surface area contributed by atoms with Gasteiger partial charge in [0.25, 0.3) is 5.91 Å². The molecule has 1 N–H and O–H groups in total. The van der Waals surface area contributed by atoms with Gasteiger partial charge in [0.05, 0.1) is 5.25 Å². The summed E-state index contributed by atoms with van der Waals surface area (Å²) in [5, 5.41) is 12.0. The van der Waals surface area contributed by atoms with Crippen molar-refractivity contribution in [3.63, 3.8) is 0 Å². The Balaban J connectivity index is 1.98. The van der Waals surface area contributed by atoms with Crippen molar-refractivity contribution in [3.05, 3.63) is 76.3 Å². The number of nitrogens with zero attached hydrogens (tertiary/aromatic N) is 2. The normalized spacial score (nSPS) is 18.0. The van der Waals surface area contributed by atoms with Gasteiger partial charge in [-0.25, -0.2) is 0 Å². The van der Waals surface area contributed by atoms with Gasteiger partial charge in [-0.1, -0.05) is 61.2 Å². The molecule has 1 aliphatic rings. The highest BCUT2D eigenvalue weighted by Crippen LogP contribution is 2.41. The molecule has 1 saturated heterocycles. The zero-order valence-electron chi connectivity index (χ0n) is 15.8. The van der Waals surface area contributed by atoms with E-state index in [1.807, 2.05) is 36.4 Å². The first kappa shape index (κ1) is 19.7. The zero-order valence-corrected chi connectivity index (χ0v) is 16.6. The molecule has 1 atom stereocenters. The molecule has 142 valence electrons. The van der Waals surface area contributed by atoms with Crippen LogP contribution < -0.4 is 10.2 Å². The third kappa shape index (κ3) is 3.95. The average molecular weight is 391 g/mol. The Kier molecular flexibility index (Phi) is 6.17. The molecule has 1 fully saturated rings. The summed E-state index contributed by atoms with van der Waals surface area (Å²) >= 11 is 1.28. The fourth-order valence-corrected chi connectivity index (χ4v) is 4.36. The predicted molar refractivity (Wildman–Crippen MR) is 112 cm³/mol. The van der Waals surface area contributed by atoms with Crippen LogP contribution in [0.2, 0.25) is 0 Å². The number of nitriles is 1. The minimum atomic E-state index is -0.494. The first-order valence-electron chi connectivity index (χ1n) is 9.09. The Morgan fingerprint density at radius 3 is 2.36 bits per heavy atom. The molecule has 6 heteroatoms. The summed E-state index contributed by atoms with van der Waals surface area (Å²) in [7, 11) is 1.47. The van der Waals surface area contributed by atoms with E-state index in [0.29, 0.717) is 17.1 Å². The van der Waals surface area contributed by atoms with Crippen LogP contribution in [0.4, 0.5) is 5.69 Å². The third-order valence-electron chi connectivity index (χ3n) is 4.60. The maximum atomic E-state index is 13.2. The van der Waals surface area contributed by atoms with Crippen molar-refractivity contribution < 1.29 is 9.59 Å². The van der Waals surface area contributed by atoms with E-state index in [2.05, 4.69) is 24.4 Å². The minimum Gasteiger partial charge on any atom is -0.354 e. The van der Waals surface area contributed by atoms with E-state index < -0.39 is 11.2 Å². The Bertz CT molecular complexity index is 946. The number of likely N-dealkylation sites (N-methyl/N-ethyl adjacent to an activating group) is 1. The summed E-state index contributed by atoms with van der Waals surface area (Å²) in [6.45, 7) is 2.10. The quantitative estimate of drug-likeness (QED) is 0.626. The van der Waals surface area contributed by atoms with Gasteiger partial charge in [0.1, 0.15) is 16.7 Å². The second-order valence-electron chi connectivity index (χ2n) is 6.36. The highest BCUT2D eigenvalue weighted by atomic mass is 32.2. The molecule has 1 aliphatic heterocycles. The monoisotopic (exact) mass is 391 g/mol. The van der Waals surface area contributed by atoms with Gasteiger partial charge >= 0.3 is 0 Å². The van der Waals surface area contributed by atoms with Gasteiger partial charge in [0.2, 0.25) is 5.91 Å². The molecule has 2 amide bonds. The minimum absolute atomic E-state index is 0.0477. The molecule has 28 heavy (non-hydrogen) atoms. The first-order valence-corrected chi connectivity index (χ1v) is 9.97. The fourth-order valence-electron chi connectivity index (χ4n) is 3.05. The van der Waals surface area contributed by atoms with E-state index in [-0.39, 0.29) is 11.5 Å². The number of para-hydroxylation sites is 1. The maximum absolute atomic E-state index is 13.2. The molecule has 0 aromatic heterocycles.